The van der Waals surface area contributed by atoms with Crippen molar-refractivity contribution in [1.29, 1.82) is 0 Å². The van der Waals surface area contributed by atoms with Gasteiger partial charge in [0.15, 0.2) is 0 Å². The molecule has 5 nitrogen and oxygen atoms in total. The van der Waals surface area contributed by atoms with Crippen molar-refractivity contribution in [2.24, 2.45) is 5.41 Å². The second-order valence-corrected chi connectivity index (χ2v) is 7.40. The molecule has 0 saturated heterocycles. The number of aromatic nitrogens is 2. The summed E-state index contributed by atoms with van der Waals surface area (Å²) in [7, 11) is 0. The normalized spacial score (nSPS) is 26.3. The van der Waals surface area contributed by atoms with Crippen LogP contribution in [0.3, 0.4) is 0 Å². The van der Waals surface area contributed by atoms with E-state index in [1.807, 2.05) is 12.1 Å². The van der Waals surface area contributed by atoms with Crippen LogP contribution in [-0.2, 0) is 11.2 Å². The van der Waals surface area contributed by atoms with Crippen LogP contribution in [0.2, 0.25) is 0 Å². The van der Waals surface area contributed by atoms with E-state index >= 15 is 0 Å². The Balaban J connectivity index is 1.64. The Labute approximate surface area is 150 Å². The molecule has 2 heterocycles. The lowest BCUT2D eigenvalue weighted by molar-refractivity contribution is -0.141. The minimum atomic E-state index is -0.912. The first-order chi connectivity index (χ1) is 12.5. The molecule has 1 aromatic heterocycles. The number of aliphatic carboxylic acids is 1. The van der Waals surface area contributed by atoms with Gasteiger partial charge in [-0.05, 0) is 55.0 Å². The van der Waals surface area contributed by atoms with Gasteiger partial charge in [0.2, 0.25) is 0 Å². The molecule has 5 rings (SSSR count). The van der Waals surface area contributed by atoms with E-state index in [2.05, 4.69) is 25.1 Å². The van der Waals surface area contributed by atoms with Crippen LogP contribution in [-0.4, -0.2) is 20.6 Å². The van der Waals surface area contributed by atoms with E-state index in [9.17, 15) is 14.7 Å². The third-order valence-electron chi connectivity index (χ3n) is 5.91. The molecule has 1 aliphatic heterocycles. The van der Waals surface area contributed by atoms with Crippen LogP contribution >= 0.6 is 0 Å². The Kier molecular flexibility index (Phi) is 2.97. The van der Waals surface area contributed by atoms with E-state index in [0.717, 1.165) is 28.8 Å². The lowest BCUT2D eigenvalue weighted by Crippen LogP contribution is -2.31. The molecule has 1 N–H and O–H groups in total. The van der Waals surface area contributed by atoms with Crippen LogP contribution in [0.25, 0.3) is 17.7 Å². The van der Waals surface area contributed by atoms with Gasteiger partial charge in [-0.25, -0.2) is 4.98 Å². The van der Waals surface area contributed by atoms with Crippen molar-refractivity contribution in [2.75, 3.05) is 0 Å². The van der Waals surface area contributed by atoms with Crippen LogP contribution in [0, 0.1) is 12.3 Å². The van der Waals surface area contributed by atoms with Crippen LogP contribution < -0.4 is 5.56 Å². The molecule has 5 heteroatoms. The smallest absolute Gasteiger partial charge is 0.315 e. The predicted molar refractivity (Wildman–Crippen MR) is 98.6 cm³/mol. The largest absolute Gasteiger partial charge is 0.481 e. The summed E-state index contributed by atoms with van der Waals surface area (Å²) in [6.45, 7) is 2.07. The van der Waals surface area contributed by atoms with Gasteiger partial charge < -0.3 is 5.11 Å². The van der Waals surface area contributed by atoms with Gasteiger partial charge in [0.05, 0.1) is 11.7 Å². The van der Waals surface area contributed by atoms with Crippen LogP contribution in [0.5, 0.6) is 0 Å². The fourth-order valence-corrected chi connectivity index (χ4v) is 4.24. The number of carboxylic acid groups (broad SMARTS) is 1. The Morgan fingerprint density at radius 1 is 1.35 bits per heavy atom. The summed E-state index contributed by atoms with van der Waals surface area (Å²) in [6, 6.07) is 7.85. The van der Waals surface area contributed by atoms with Crippen molar-refractivity contribution >= 4 is 23.7 Å². The first-order valence-corrected chi connectivity index (χ1v) is 8.86. The number of rotatable bonds is 2. The average Bonchev–Trinajstić information content (AvgIpc) is 3.26. The molecule has 0 spiro atoms. The standard InChI is InChI=1S/C21H18N2O3/c1-12-4-2-3-5-13(12)10-14-6-7-15-18(14)22-17-8-9-21(20(25)26)11-16(21)23(17)19(15)24/h2-5,8-10,16H,6-7,11H2,1H3,(H,25,26). The number of carbonyl (C=O) groups is 1. The minimum Gasteiger partial charge on any atom is -0.481 e. The van der Waals surface area contributed by atoms with Gasteiger partial charge >= 0.3 is 5.97 Å². The summed E-state index contributed by atoms with van der Waals surface area (Å²) < 4.78 is 1.60. The Morgan fingerprint density at radius 2 is 2.15 bits per heavy atom. The maximum absolute atomic E-state index is 13.0. The maximum atomic E-state index is 13.0. The van der Waals surface area contributed by atoms with Gasteiger partial charge in [0.25, 0.3) is 5.56 Å². The van der Waals surface area contributed by atoms with Crippen molar-refractivity contribution in [3.05, 3.63) is 68.9 Å². The quantitative estimate of drug-likeness (QED) is 0.907. The third kappa shape index (κ3) is 1.94. The molecule has 0 bridgehead atoms. The number of hydrogen-bond donors (Lipinski definition) is 1. The zero-order valence-corrected chi connectivity index (χ0v) is 14.4. The summed E-state index contributed by atoms with van der Waals surface area (Å²) >= 11 is 0. The van der Waals surface area contributed by atoms with Crippen molar-refractivity contribution in [3.63, 3.8) is 0 Å². The molecule has 3 aliphatic rings. The molecule has 130 valence electrons. The minimum absolute atomic E-state index is 0.0735. The van der Waals surface area contributed by atoms with Crippen molar-refractivity contribution in [3.8, 4) is 0 Å². The number of aryl methyl sites for hydroxylation is 1. The molecule has 1 aromatic carbocycles. The van der Waals surface area contributed by atoms with Gasteiger partial charge in [0, 0.05) is 5.56 Å². The van der Waals surface area contributed by atoms with Gasteiger partial charge in [-0.3, -0.25) is 14.2 Å². The predicted octanol–water partition coefficient (Wildman–Crippen LogP) is 3.08. The number of carboxylic acids is 1. The number of allylic oxidation sites excluding steroid dienone is 1. The monoisotopic (exact) mass is 346 g/mol. The van der Waals surface area contributed by atoms with Crippen molar-refractivity contribution in [1.82, 2.24) is 9.55 Å². The summed E-state index contributed by atoms with van der Waals surface area (Å²) in [4.78, 5) is 29.3. The Bertz CT molecular complexity index is 1090. The molecule has 26 heavy (non-hydrogen) atoms. The fourth-order valence-electron chi connectivity index (χ4n) is 4.24. The van der Waals surface area contributed by atoms with Crippen LogP contribution in [0.1, 0.15) is 47.1 Å². The van der Waals surface area contributed by atoms with E-state index in [0.29, 0.717) is 18.7 Å². The Hall–Kier alpha value is -2.95. The highest BCUT2D eigenvalue weighted by molar-refractivity contribution is 5.86. The zero-order chi connectivity index (χ0) is 18.1. The fraction of sp³-hybridized carbons (Fsp3) is 0.286. The molecule has 1 saturated carbocycles. The average molecular weight is 346 g/mol. The highest BCUT2D eigenvalue weighted by atomic mass is 16.4. The third-order valence-corrected chi connectivity index (χ3v) is 5.91. The van der Waals surface area contributed by atoms with Gasteiger partial charge in [-0.2, -0.15) is 0 Å². The second-order valence-electron chi connectivity index (χ2n) is 7.40. The first-order valence-electron chi connectivity index (χ1n) is 8.86. The SMILES string of the molecule is Cc1ccccc1C=C1CCc2c1nc1n(c2=O)C2CC2(C(=O)O)C=C1. The summed E-state index contributed by atoms with van der Waals surface area (Å²) in [5.74, 6) is -0.289. The molecule has 1 fully saturated rings. The van der Waals surface area contributed by atoms with E-state index < -0.39 is 11.4 Å². The number of hydrogen-bond acceptors (Lipinski definition) is 3. The molecular formula is C21H18N2O3. The lowest BCUT2D eigenvalue weighted by atomic mass is 10.0. The van der Waals surface area contributed by atoms with E-state index in [1.165, 1.54) is 5.56 Å². The highest BCUT2D eigenvalue weighted by Crippen LogP contribution is 2.59. The van der Waals surface area contributed by atoms with Gasteiger partial charge in [-0.1, -0.05) is 30.3 Å². The number of nitrogens with zero attached hydrogens (tertiary/aromatic N) is 2. The summed E-state index contributed by atoms with van der Waals surface area (Å²) in [6.07, 6.45) is 7.44. The number of benzene rings is 1. The van der Waals surface area contributed by atoms with E-state index in [1.54, 1.807) is 16.7 Å². The molecular weight excluding hydrogens is 328 g/mol. The van der Waals surface area contributed by atoms with Crippen LogP contribution in [0.4, 0.5) is 0 Å². The maximum Gasteiger partial charge on any atom is 0.315 e. The molecule has 0 amide bonds. The van der Waals surface area contributed by atoms with Crippen LogP contribution in [0.15, 0.2) is 35.1 Å². The molecule has 2 aromatic rings. The molecule has 2 aliphatic carbocycles. The first kappa shape index (κ1) is 15.3. The molecule has 2 unspecified atom stereocenters. The van der Waals surface area contributed by atoms with Gasteiger partial charge in [0.1, 0.15) is 11.2 Å². The Morgan fingerprint density at radius 3 is 2.92 bits per heavy atom. The van der Waals surface area contributed by atoms with E-state index in [-0.39, 0.29) is 11.6 Å². The number of fused-ring (bicyclic) bond motifs is 4. The second kappa shape index (κ2) is 5.04. The van der Waals surface area contributed by atoms with Gasteiger partial charge in [-0.15, -0.1) is 0 Å². The van der Waals surface area contributed by atoms with E-state index in [4.69, 9.17) is 4.98 Å². The topological polar surface area (TPSA) is 72.2 Å². The lowest BCUT2D eigenvalue weighted by Gasteiger charge is -2.18. The summed E-state index contributed by atoms with van der Waals surface area (Å²) in [5, 5.41) is 9.49. The zero-order valence-electron chi connectivity index (χ0n) is 14.4. The molecule has 0 radical (unpaired) electrons. The summed E-state index contributed by atoms with van der Waals surface area (Å²) in [5.41, 5.74) is 3.91. The highest BCUT2D eigenvalue weighted by Gasteiger charge is 2.62. The van der Waals surface area contributed by atoms with Crippen molar-refractivity contribution in [2.45, 2.75) is 32.2 Å². The molecule has 2 atom stereocenters. The van der Waals surface area contributed by atoms with Crippen molar-refractivity contribution < 1.29 is 9.90 Å².